The summed E-state index contributed by atoms with van der Waals surface area (Å²) in [5.41, 5.74) is 4.12. The molecule has 0 aliphatic heterocycles. The summed E-state index contributed by atoms with van der Waals surface area (Å²) in [5, 5.41) is 9.72. The highest BCUT2D eigenvalue weighted by atomic mass is 16.6. The number of carbonyl (C=O) groups excluding carboxylic acids is 1. The van der Waals surface area contributed by atoms with Crippen molar-refractivity contribution in [3.05, 3.63) is 0 Å². The average molecular weight is 243 g/mol. The van der Waals surface area contributed by atoms with Crippen molar-refractivity contribution >= 4 is 5.97 Å². The SMILES string of the molecule is CC(C)(C)OC(=O)[C@H]1CC[C@H](C(C)(N)O)CC1. The molecule has 1 unspecified atom stereocenters. The summed E-state index contributed by atoms with van der Waals surface area (Å²) >= 11 is 0. The zero-order chi connectivity index (χ0) is 13.3. The molecule has 4 nitrogen and oxygen atoms in total. The van der Waals surface area contributed by atoms with E-state index in [-0.39, 0.29) is 17.8 Å². The highest BCUT2D eigenvalue weighted by molar-refractivity contribution is 5.72. The van der Waals surface area contributed by atoms with Gasteiger partial charge in [-0.25, -0.2) is 0 Å². The number of hydrogen-bond acceptors (Lipinski definition) is 4. The Hall–Kier alpha value is -0.610. The van der Waals surface area contributed by atoms with Crippen LogP contribution >= 0.6 is 0 Å². The Labute approximate surface area is 104 Å². The zero-order valence-electron chi connectivity index (χ0n) is 11.3. The molecule has 1 aliphatic rings. The maximum atomic E-state index is 11.9. The normalized spacial score (nSPS) is 29.5. The molecule has 4 heteroatoms. The standard InChI is InChI=1S/C13H25NO3/c1-12(2,3)17-11(15)9-5-7-10(8-6-9)13(4,14)16/h9-10,16H,5-8,14H2,1-4H3/t9-,10-,13?. The second kappa shape index (κ2) is 4.94. The van der Waals surface area contributed by atoms with Gasteiger partial charge in [-0.05, 0) is 53.4 Å². The first-order chi connectivity index (χ1) is 7.59. The van der Waals surface area contributed by atoms with E-state index in [1.807, 2.05) is 20.8 Å². The first kappa shape index (κ1) is 14.5. The molecule has 0 radical (unpaired) electrons. The fourth-order valence-electron chi connectivity index (χ4n) is 2.30. The van der Waals surface area contributed by atoms with Crippen LogP contribution in [0.1, 0.15) is 53.4 Å². The quantitative estimate of drug-likeness (QED) is 0.573. The lowest BCUT2D eigenvalue weighted by molar-refractivity contribution is -0.162. The number of hydrogen-bond donors (Lipinski definition) is 2. The Kier molecular flexibility index (Phi) is 4.20. The van der Waals surface area contributed by atoms with Crippen molar-refractivity contribution in [1.29, 1.82) is 0 Å². The molecule has 0 saturated heterocycles. The lowest BCUT2D eigenvalue weighted by atomic mass is 9.77. The maximum Gasteiger partial charge on any atom is 0.309 e. The van der Waals surface area contributed by atoms with Crippen molar-refractivity contribution in [2.24, 2.45) is 17.6 Å². The van der Waals surface area contributed by atoms with Crippen LogP contribution in [0.15, 0.2) is 0 Å². The summed E-state index contributed by atoms with van der Waals surface area (Å²) in [6.45, 7) is 7.26. The van der Waals surface area contributed by atoms with E-state index in [9.17, 15) is 9.90 Å². The van der Waals surface area contributed by atoms with Crippen molar-refractivity contribution in [2.45, 2.75) is 64.7 Å². The van der Waals surface area contributed by atoms with E-state index in [1.165, 1.54) is 0 Å². The van der Waals surface area contributed by atoms with Gasteiger partial charge in [0.1, 0.15) is 11.3 Å². The first-order valence-electron chi connectivity index (χ1n) is 6.33. The molecular formula is C13H25NO3. The molecule has 0 bridgehead atoms. The van der Waals surface area contributed by atoms with Crippen molar-refractivity contribution in [3.63, 3.8) is 0 Å². The van der Waals surface area contributed by atoms with Crippen LogP contribution in [0, 0.1) is 11.8 Å². The first-order valence-corrected chi connectivity index (χ1v) is 6.33. The molecule has 100 valence electrons. The number of rotatable bonds is 2. The van der Waals surface area contributed by atoms with Crippen LogP contribution in [-0.2, 0) is 9.53 Å². The summed E-state index contributed by atoms with van der Waals surface area (Å²) in [5.74, 6) is -0.0679. The third-order valence-electron chi connectivity index (χ3n) is 3.29. The third kappa shape index (κ3) is 4.64. The van der Waals surface area contributed by atoms with Gasteiger partial charge in [0.2, 0.25) is 0 Å². The molecule has 0 aromatic rings. The largest absolute Gasteiger partial charge is 0.460 e. The lowest BCUT2D eigenvalue weighted by Crippen LogP contribution is -2.46. The van der Waals surface area contributed by atoms with Crippen LogP contribution in [0.4, 0.5) is 0 Å². The minimum absolute atomic E-state index is 0.0344. The summed E-state index contributed by atoms with van der Waals surface area (Å²) in [6, 6.07) is 0. The van der Waals surface area contributed by atoms with Crippen LogP contribution in [0.25, 0.3) is 0 Å². The third-order valence-corrected chi connectivity index (χ3v) is 3.29. The molecule has 0 aromatic carbocycles. The van der Waals surface area contributed by atoms with E-state index in [1.54, 1.807) is 6.92 Å². The number of esters is 1. The van der Waals surface area contributed by atoms with E-state index in [4.69, 9.17) is 10.5 Å². The molecule has 1 atom stereocenters. The summed E-state index contributed by atoms with van der Waals surface area (Å²) in [7, 11) is 0. The lowest BCUT2D eigenvalue weighted by Gasteiger charge is -2.35. The van der Waals surface area contributed by atoms with Gasteiger partial charge < -0.3 is 15.6 Å². The molecule has 1 rings (SSSR count). The fourth-order valence-corrected chi connectivity index (χ4v) is 2.30. The molecule has 0 aromatic heterocycles. The van der Waals surface area contributed by atoms with Gasteiger partial charge >= 0.3 is 5.97 Å². The number of aliphatic hydroxyl groups is 1. The minimum atomic E-state index is -1.13. The topological polar surface area (TPSA) is 72.5 Å². The predicted octanol–water partition coefficient (Wildman–Crippen LogP) is 1.80. The van der Waals surface area contributed by atoms with Gasteiger partial charge in [0.25, 0.3) is 0 Å². The Bertz CT molecular complexity index is 267. The van der Waals surface area contributed by atoms with Crippen molar-refractivity contribution in [2.75, 3.05) is 0 Å². The maximum absolute atomic E-state index is 11.9. The van der Waals surface area contributed by atoms with Crippen molar-refractivity contribution in [1.82, 2.24) is 0 Å². The number of carbonyl (C=O) groups is 1. The van der Waals surface area contributed by atoms with Crippen LogP contribution in [0.2, 0.25) is 0 Å². The van der Waals surface area contributed by atoms with Crippen LogP contribution in [0.3, 0.4) is 0 Å². The number of nitrogens with two attached hydrogens (primary N) is 1. The van der Waals surface area contributed by atoms with E-state index in [2.05, 4.69) is 0 Å². The van der Waals surface area contributed by atoms with Gasteiger partial charge in [0.15, 0.2) is 0 Å². The van der Waals surface area contributed by atoms with Crippen LogP contribution in [-0.4, -0.2) is 22.4 Å². The van der Waals surface area contributed by atoms with E-state index < -0.39 is 11.3 Å². The highest BCUT2D eigenvalue weighted by Gasteiger charge is 2.35. The van der Waals surface area contributed by atoms with E-state index in [0.717, 1.165) is 25.7 Å². The smallest absolute Gasteiger partial charge is 0.309 e. The Morgan fingerprint density at radius 3 is 2.00 bits per heavy atom. The van der Waals surface area contributed by atoms with Gasteiger partial charge in [-0.3, -0.25) is 4.79 Å². The Morgan fingerprint density at radius 1 is 1.18 bits per heavy atom. The summed E-state index contributed by atoms with van der Waals surface area (Å²) in [6.07, 6.45) is 3.08. The fraction of sp³-hybridized carbons (Fsp3) is 0.923. The number of ether oxygens (including phenoxy) is 1. The van der Waals surface area contributed by atoms with Crippen LogP contribution < -0.4 is 5.73 Å². The minimum Gasteiger partial charge on any atom is -0.460 e. The predicted molar refractivity (Wildman–Crippen MR) is 66.1 cm³/mol. The van der Waals surface area contributed by atoms with Gasteiger partial charge in [-0.2, -0.15) is 0 Å². The second-order valence-corrected chi connectivity index (χ2v) is 6.31. The molecule has 0 amide bonds. The van der Waals surface area contributed by atoms with E-state index >= 15 is 0 Å². The van der Waals surface area contributed by atoms with Gasteiger partial charge in [-0.15, -0.1) is 0 Å². The Morgan fingerprint density at radius 2 is 1.65 bits per heavy atom. The van der Waals surface area contributed by atoms with E-state index in [0.29, 0.717) is 0 Å². The molecule has 1 saturated carbocycles. The summed E-state index contributed by atoms with van der Waals surface area (Å²) < 4.78 is 5.37. The van der Waals surface area contributed by atoms with Crippen molar-refractivity contribution < 1.29 is 14.6 Å². The zero-order valence-corrected chi connectivity index (χ0v) is 11.3. The molecule has 0 spiro atoms. The van der Waals surface area contributed by atoms with Crippen LogP contribution in [0.5, 0.6) is 0 Å². The summed E-state index contributed by atoms with van der Waals surface area (Å²) in [4.78, 5) is 11.9. The Balaban J connectivity index is 2.45. The van der Waals surface area contributed by atoms with Gasteiger partial charge in [0.05, 0.1) is 5.92 Å². The second-order valence-electron chi connectivity index (χ2n) is 6.31. The highest BCUT2D eigenvalue weighted by Crippen LogP contribution is 2.34. The van der Waals surface area contributed by atoms with Gasteiger partial charge in [-0.1, -0.05) is 0 Å². The molecule has 0 heterocycles. The molecule has 3 N–H and O–H groups in total. The average Bonchev–Trinajstić information content (AvgIpc) is 2.14. The molecule has 17 heavy (non-hydrogen) atoms. The van der Waals surface area contributed by atoms with Gasteiger partial charge in [0, 0.05) is 5.92 Å². The molecule has 1 aliphatic carbocycles. The molecular weight excluding hydrogens is 218 g/mol. The van der Waals surface area contributed by atoms with Crippen molar-refractivity contribution in [3.8, 4) is 0 Å². The monoisotopic (exact) mass is 243 g/mol. The molecule has 1 fully saturated rings.